The molecule has 1 rings (SSSR count). The maximum atomic E-state index is 10.7. The molecule has 0 aliphatic carbocycles. The number of ether oxygens (including phenoxy) is 2. The molecule has 12 heavy (non-hydrogen) atoms. The summed E-state index contributed by atoms with van der Waals surface area (Å²) in [6.45, 7) is 5.61. The molecule has 2 unspecified atom stereocenters. The first-order chi connectivity index (χ1) is 5.45. The highest BCUT2D eigenvalue weighted by molar-refractivity contribution is 5.62. The topological polar surface area (TPSA) is 55.8 Å². The van der Waals surface area contributed by atoms with Crippen molar-refractivity contribution in [2.75, 3.05) is 6.61 Å². The zero-order chi connectivity index (χ0) is 9.35. The molecule has 1 aliphatic heterocycles. The normalized spacial score (nSPS) is 29.8. The molecule has 4 nitrogen and oxygen atoms in total. The van der Waals surface area contributed by atoms with E-state index < -0.39 is 12.3 Å². The van der Waals surface area contributed by atoms with Crippen molar-refractivity contribution in [1.82, 2.24) is 0 Å². The fourth-order valence-electron chi connectivity index (χ4n) is 1.26. The molecule has 0 aromatic rings. The van der Waals surface area contributed by atoms with Crippen molar-refractivity contribution in [2.24, 2.45) is 5.41 Å². The lowest BCUT2D eigenvalue weighted by Gasteiger charge is -2.26. The van der Waals surface area contributed by atoms with Gasteiger partial charge in [0.25, 0.3) is 0 Å². The van der Waals surface area contributed by atoms with Crippen LogP contribution in [-0.2, 0) is 9.47 Å². The number of carbonyl (C=O) groups is 1. The van der Waals surface area contributed by atoms with Crippen LogP contribution in [0.1, 0.15) is 20.8 Å². The molecule has 4 heteroatoms. The van der Waals surface area contributed by atoms with Crippen molar-refractivity contribution in [3.05, 3.63) is 0 Å². The number of hydrogen-bond donors (Lipinski definition) is 1. The summed E-state index contributed by atoms with van der Waals surface area (Å²) in [5.41, 5.74) is -0.195. The van der Waals surface area contributed by atoms with Crippen LogP contribution >= 0.6 is 0 Å². The highest BCUT2D eigenvalue weighted by Crippen LogP contribution is 2.30. The van der Waals surface area contributed by atoms with Gasteiger partial charge in [-0.1, -0.05) is 20.8 Å². The van der Waals surface area contributed by atoms with Crippen LogP contribution in [0.25, 0.3) is 0 Å². The number of aliphatic hydroxyl groups excluding tert-OH is 1. The molecule has 1 heterocycles. The highest BCUT2D eigenvalue weighted by atomic mass is 16.8. The molecule has 70 valence electrons. The summed E-state index contributed by atoms with van der Waals surface area (Å²) in [5.74, 6) is 0. The predicted molar refractivity (Wildman–Crippen MR) is 41.7 cm³/mol. The van der Waals surface area contributed by atoms with Gasteiger partial charge in [0, 0.05) is 5.41 Å². The number of carbonyl (C=O) groups excluding carboxylic acids is 1. The molecule has 0 aromatic heterocycles. The molecular weight excluding hydrogens is 160 g/mol. The van der Waals surface area contributed by atoms with Gasteiger partial charge in [0.1, 0.15) is 6.10 Å². The van der Waals surface area contributed by atoms with Crippen molar-refractivity contribution in [2.45, 2.75) is 33.0 Å². The molecule has 1 aliphatic rings. The van der Waals surface area contributed by atoms with Crippen molar-refractivity contribution in [3.63, 3.8) is 0 Å². The highest BCUT2D eigenvalue weighted by Gasteiger charge is 2.43. The van der Waals surface area contributed by atoms with E-state index in [-0.39, 0.29) is 18.1 Å². The average Bonchev–Trinajstić information content (AvgIpc) is 2.29. The third kappa shape index (κ3) is 1.69. The molecule has 0 saturated carbocycles. The lowest BCUT2D eigenvalue weighted by Crippen LogP contribution is -2.37. The largest absolute Gasteiger partial charge is 0.509 e. The summed E-state index contributed by atoms with van der Waals surface area (Å²) in [7, 11) is 0. The summed E-state index contributed by atoms with van der Waals surface area (Å²) in [6.07, 6.45) is -1.55. The van der Waals surface area contributed by atoms with Crippen LogP contribution in [-0.4, -0.2) is 30.1 Å². The lowest BCUT2D eigenvalue weighted by molar-refractivity contribution is 0.0259. The van der Waals surface area contributed by atoms with Gasteiger partial charge in [-0.2, -0.15) is 0 Å². The van der Waals surface area contributed by atoms with Crippen LogP contribution in [0, 0.1) is 5.41 Å². The van der Waals surface area contributed by atoms with Crippen LogP contribution < -0.4 is 0 Å². The summed E-state index contributed by atoms with van der Waals surface area (Å²) >= 11 is 0. The first-order valence-corrected chi connectivity index (χ1v) is 3.93. The van der Waals surface area contributed by atoms with Crippen molar-refractivity contribution in [1.29, 1.82) is 0 Å². The minimum Gasteiger partial charge on any atom is -0.426 e. The second-order valence-electron chi connectivity index (χ2n) is 3.99. The molecule has 1 fully saturated rings. The minimum absolute atomic E-state index is 0.187. The molecule has 0 amide bonds. The van der Waals surface area contributed by atoms with Gasteiger partial charge in [-0.15, -0.1) is 0 Å². The molecule has 0 spiro atoms. The van der Waals surface area contributed by atoms with E-state index >= 15 is 0 Å². The van der Waals surface area contributed by atoms with Gasteiger partial charge in [-0.3, -0.25) is 0 Å². The Balaban J connectivity index is 2.70. The Hall–Kier alpha value is -0.770. The third-order valence-corrected chi connectivity index (χ3v) is 1.84. The quantitative estimate of drug-likeness (QED) is 0.601. The van der Waals surface area contributed by atoms with E-state index in [1.807, 2.05) is 20.8 Å². The summed E-state index contributed by atoms with van der Waals surface area (Å²) < 4.78 is 9.65. The number of rotatable bonds is 1. The molecule has 1 N–H and O–H groups in total. The van der Waals surface area contributed by atoms with Gasteiger partial charge in [0.05, 0.1) is 6.61 Å². The monoisotopic (exact) mass is 174 g/mol. The van der Waals surface area contributed by atoms with E-state index in [0.29, 0.717) is 0 Å². The van der Waals surface area contributed by atoms with Crippen LogP contribution in [0.5, 0.6) is 0 Å². The Labute approximate surface area is 71.5 Å². The Morgan fingerprint density at radius 3 is 2.33 bits per heavy atom. The van der Waals surface area contributed by atoms with Crippen LogP contribution in [0.4, 0.5) is 4.79 Å². The second kappa shape index (κ2) is 2.94. The van der Waals surface area contributed by atoms with E-state index in [1.165, 1.54) is 0 Å². The molecular formula is C8H14O4. The maximum Gasteiger partial charge on any atom is 0.509 e. The summed E-state index contributed by atoms with van der Waals surface area (Å²) in [5, 5.41) is 8.86. The van der Waals surface area contributed by atoms with E-state index in [9.17, 15) is 4.79 Å². The molecule has 0 aromatic carbocycles. The van der Waals surface area contributed by atoms with Gasteiger partial charge >= 0.3 is 6.16 Å². The fraction of sp³-hybridized carbons (Fsp3) is 0.875. The molecule has 0 bridgehead atoms. The van der Waals surface area contributed by atoms with E-state index in [4.69, 9.17) is 14.6 Å². The number of hydrogen-bond acceptors (Lipinski definition) is 4. The number of cyclic esters (lactones) is 2. The Bertz CT molecular complexity index is 182. The smallest absolute Gasteiger partial charge is 0.426 e. The first kappa shape index (κ1) is 9.32. The van der Waals surface area contributed by atoms with E-state index in [1.54, 1.807) is 0 Å². The zero-order valence-electron chi connectivity index (χ0n) is 7.53. The summed E-state index contributed by atoms with van der Waals surface area (Å²) in [4.78, 5) is 10.7. The fourth-order valence-corrected chi connectivity index (χ4v) is 1.26. The second-order valence-corrected chi connectivity index (χ2v) is 3.99. The van der Waals surface area contributed by atoms with Crippen molar-refractivity contribution >= 4 is 6.16 Å². The Kier molecular flexibility index (Phi) is 2.28. The van der Waals surface area contributed by atoms with Gasteiger partial charge in [-0.25, -0.2) is 4.79 Å². The Morgan fingerprint density at radius 1 is 1.42 bits per heavy atom. The first-order valence-electron chi connectivity index (χ1n) is 3.93. The van der Waals surface area contributed by atoms with E-state index in [2.05, 4.69) is 0 Å². The van der Waals surface area contributed by atoms with Crippen LogP contribution in [0.15, 0.2) is 0 Å². The molecule has 0 radical (unpaired) electrons. The predicted octanol–water partition coefficient (Wildman–Crippen LogP) is 0.929. The summed E-state index contributed by atoms with van der Waals surface area (Å²) in [6, 6.07) is 0. The average molecular weight is 174 g/mol. The van der Waals surface area contributed by atoms with Crippen LogP contribution in [0.2, 0.25) is 0 Å². The molecule has 2 atom stereocenters. The van der Waals surface area contributed by atoms with Gasteiger partial charge in [0.15, 0.2) is 6.10 Å². The SMILES string of the molecule is CC(C)(C)C1OC(=O)OC1CO. The minimum atomic E-state index is -0.686. The van der Waals surface area contributed by atoms with E-state index in [0.717, 1.165) is 0 Å². The van der Waals surface area contributed by atoms with Gasteiger partial charge < -0.3 is 14.6 Å². The maximum absolute atomic E-state index is 10.7. The van der Waals surface area contributed by atoms with Gasteiger partial charge in [0.2, 0.25) is 0 Å². The molecule has 1 saturated heterocycles. The zero-order valence-corrected chi connectivity index (χ0v) is 7.53. The third-order valence-electron chi connectivity index (χ3n) is 1.84. The van der Waals surface area contributed by atoms with Crippen molar-refractivity contribution in [3.8, 4) is 0 Å². The van der Waals surface area contributed by atoms with Crippen LogP contribution in [0.3, 0.4) is 0 Å². The number of aliphatic hydroxyl groups is 1. The lowest BCUT2D eigenvalue weighted by atomic mass is 9.86. The van der Waals surface area contributed by atoms with Crippen molar-refractivity contribution < 1.29 is 19.4 Å². The van der Waals surface area contributed by atoms with Gasteiger partial charge in [-0.05, 0) is 0 Å². The Morgan fingerprint density at radius 2 is 2.00 bits per heavy atom. The standard InChI is InChI=1S/C8H14O4/c1-8(2,3)6-5(4-9)11-7(10)12-6/h5-6,9H,4H2,1-3H3.